The van der Waals surface area contributed by atoms with Gasteiger partial charge < -0.3 is 10.2 Å². The number of carbonyl (C=O) groups is 2. The van der Waals surface area contributed by atoms with E-state index >= 15 is 0 Å². The summed E-state index contributed by atoms with van der Waals surface area (Å²) in [6.45, 7) is 1.38. The zero-order valence-electron chi connectivity index (χ0n) is 12.0. The maximum Gasteiger partial charge on any atom is 0.276 e. The van der Waals surface area contributed by atoms with Crippen molar-refractivity contribution in [1.29, 1.82) is 0 Å². The van der Waals surface area contributed by atoms with Gasteiger partial charge in [0.15, 0.2) is 5.70 Å². The normalized spacial score (nSPS) is 23.7. The number of amides is 2. The first-order valence-corrected chi connectivity index (χ1v) is 7.20. The summed E-state index contributed by atoms with van der Waals surface area (Å²) in [5, 5.41) is 10.2. The predicted octanol–water partition coefficient (Wildman–Crippen LogP) is 1.19. The molecule has 0 radical (unpaired) electrons. The van der Waals surface area contributed by atoms with Crippen LogP contribution in [0.25, 0.3) is 0 Å². The number of fused-ring (bicyclic) bond motifs is 1. The molecule has 6 nitrogen and oxygen atoms in total. The lowest BCUT2D eigenvalue weighted by molar-refractivity contribution is -0.120. The molecule has 2 amide bonds. The number of allylic oxidation sites excluding steroid dienone is 3. The number of nitrogens with zero attached hydrogens (tertiary/aromatic N) is 3. The second-order valence-electron chi connectivity index (χ2n) is 5.53. The molecule has 3 aliphatic rings. The minimum Gasteiger partial charge on any atom is -0.349 e. The van der Waals surface area contributed by atoms with Gasteiger partial charge in [-0.3, -0.25) is 9.59 Å². The Morgan fingerprint density at radius 1 is 1.38 bits per heavy atom. The fraction of sp³-hybridized carbons (Fsp3) is 0.467. The smallest absolute Gasteiger partial charge is 0.276 e. The van der Waals surface area contributed by atoms with Crippen molar-refractivity contribution in [3.63, 3.8) is 0 Å². The molecule has 1 saturated carbocycles. The van der Waals surface area contributed by atoms with Gasteiger partial charge in [0.1, 0.15) is 0 Å². The quantitative estimate of drug-likeness (QED) is 0.825. The molecular weight excluding hydrogens is 268 g/mol. The highest BCUT2D eigenvalue weighted by atomic mass is 16.2. The van der Waals surface area contributed by atoms with E-state index in [9.17, 15) is 9.59 Å². The minimum atomic E-state index is -0.470. The van der Waals surface area contributed by atoms with Crippen molar-refractivity contribution in [3.05, 3.63) is 35.6 Å². The summed E-state index contributed by atoms with van der Waals surface area (Å²) in [5.74, 6) is -1.06. The molecule has 0 aromatic rings. The Hall–Kier alpha value is -2.08. The largest absolute Gasteiger partial charge is 0.349 e. The first-order valence-electron chi connectivity index (χ1n) is 7.20. The van der Waals surface area contributed by atoms with E-state index in [1.54, 1.807) is 24.3 Å². The first-order chi connectivity index (χ1) is 10.2. The topological polar surface area (TPSA) is 74.1 Å². The fourth-order valence-electron chi connectivity index (χ4n) is 2.51. The molecule has 0 aromatic carbocycles. The van der Waals surface area contributed by atoms with Gasteiger partial charge in [0.05, 0.1) is 5.92 Å². The van der Waals surface area contributed by atoms with Gasteiger partial charge in [-0.25, -0.2) is 0 Å². The molecule has 0 aromatic heterocycles. The second kappa shape index (κ2) is 5.73. The molecule has 0 saturated heterocycles. The maximum atomic E-state index is 12.2. The molecule has 2 aliphatic carbocycles. The van der Waals surface area contributed by atoms with Crippen molar-refractivity contribution in [2.75, 3.05) is 20.1 Å². The van der Waals surface area contributed by atoms with Gasteiger partial charge in [0.25, 0.3) is 11.8 Å². The van der Waals surface area contributed by atoms with E-state index in [1.807, 2.05) is 0 Å². The number of hydrogen-bond donors (Lipinski definition) is 1. The Balaban J connectivity index is 1.63. The molecule has 1 N–H and O–H groups in total. The lowest BCUT2D eigenvalue weighted by Crippen LogP contribution is -2.35. The predicted molar refractivity (Wildman–Crippen MR) is 77.3 cm³/mol. The Labute approximate surface area is 123 Å². The summed E-state index contributed by atoms with van der Waals surface area (Å²) in [6.07, 6.45) is 9.57. The molecule has 110 valence electrons. The number of rotatable bonds is 5. The summed E-state index contributed by atoms with van der Waals surface area (Å²) in [6, 6.07) is 0.673. The van der Waals surface area contributed by atoms with Gasteiger partial charge in [-0.2, -0.15) is 0 Å². The SMILES string of the molecule is CN(CCNC(=O)C1=C2C=CC=CC2C(=O)N=N1)C1CC1. The summed E-state index contributed by atoms with van der Waals surface area (Å²) in [4.78, 5) is 26.1. The van der Waals surface area contributed by atoms with Crippen LogP contribution < -0.4 is 5.32 Å². The second-order valence-corrected chi connectivity index (χ2v) is 5.53. The zero-order valence-corrected chi connectivity index (χ0v) is 12.0. The summed E-state index contributed by atoms with van der Waals surface area (Å²) >= 11 is 0. The third-order valence-corrected chi connectivity index (χ3v) is 3.95. The average molecular weight is 286 g/mol. The summed E-state index contributed by atoms with van der Waals surface area (Å²) < 4.78 is 0. The molecule has 0 spiro atoms. The number of carbonyl (C=O) groups excluding carboxylic acids is 2. The van der Waals surface area contributed by atoms with E-state index in [0.29, 0.717) is 18.2 Å². The third-order valence-electron chi connectivity index (χ3n) is 3.95. The average Bonchev–Trinajstić information content (AvgIpc) is 3.32. The highest BCUT2D eigenvalue weighted by Crippen LogP contribution is 2.28. The molecule has 1 heterocycles. The first kappa shape index (κ1) is 13.9. The number of azo groups is 1. The molecule has 0 bridgehead atoms. The van der Waals surface area contributed by atoms with Gasteiger partial charge in [-0.15, -0.1) is 10.2 Å². The van der Waals surface area contributed by atoms with Gasteiger partial charge in [-0.1, -0.05) is 24.3 Å². The molecular formula is C15H18N4O2. The van der Waals surface area contributed by atoms with Gasteiger partial charge in [0.2, 0.25) is 0 Å². The van der Waals surface area contributed by atoms with Crippen molar-refractivity contribution < 1.29 is 9.59 Å². The van der Waals surface area contributed by atoms with Crippen molar-refractivity contribution in [3.8, 4) is 0 Å². The van der Waals surface area contributed by atoms with E-state index in [2.05, 4.69) is 27.5 Å². The minimum absolute atomic E-state index is 0.245. The van der Waals surface area contributed by atoms with Crippen molar-refractivity contribution in [2.24, 2.45) is 16.1 Å². The number of hydrogen-bond acceptors (Lipinski definition) is 4. The van der Waals surface area contributed by atoms with Crippen LogP contribution in [0.15, 0.2) is 45.8 Å². The van der Waals surface area contributed by atoms with Crippen molar-refractivity contribution in [1.82, 2.24) is 10.2 Å². The van der Waals surface area contributed by atoms with Crippen LogP contribution in [0.1, 0.15) is 12.8 Å². The molecule has 1 atom stereocenters. The van der Waals surface area contributed by atoms with Gasteiger partial charge in [-0.05, 0) is 19.9 Å². The lowest BCUT2D eigenvalue weighted by Gasteiger charge is -2.19. The third kappa shape index (κ3) is 3.00. The highest BCUT2D eigenvalue weighted by Gasteiger charge is 2.30. The molecule has 1 unspecified atom stereocenters. The molecule has 6 heteroatoms. The lowest BCUT2D eigenvalue weighted by atomic mass is 9.91. The van der Waals surface area contributed by atoms with Crippen molar-refractivity contribution >= 4 is 11.8 Å². The molecule has 1 fully saturated rings. The van der Waals surface area contributed by atoms with Crippen LogP contribution in [0.5, 0.6) is 0 Å². The van der Waals surface area contributed by atoms with Crippen molar-refractivity contribution in [2.45, 2.75) is 18.9 Å². The standard InChI is InChI=1S/C15H18N4O2/c1-19(10-6-7-10)9-8-16-15(21)13-11-4-2-3-5-12(11)14(20)18-17-13/h2-5,10,12H,6-9H2,1H3,(H,16,21). The maximum absolute atomic E-state index is 12.2. The highest BCUT2D eigenvalue weighted by molar-refractivity contribution is 5.98. The van der Waals surface area contributed by atoms with Crippen LogP contribution in [0, 0.1) is 5.92 Å². The summed E-state index contributed by atoms with van der Waals surface area (Å²) in [7, 11) is 2.06. The Bertz CT molecular complexity index is 584. The van der Waals surface area contributed by atoms with Gasteiger partial charge >= 0.3 is 0 Å². The van der Waals surface area contributed by atoms with E-state index < -0.39 is 5.92 Å². The molecule has 3 rings (SSSR count). The monoisotopic (exact) mass is 286 g/mol. The Morgan fingerprint density at radius 3 is 2.95 bits per heavy atom. The Kier molecular flexibility index (Phi) is 3.79. The zero-order chi connectivity index (χ0) is 14.8. The van der Waals surface area contributed by atoms with E-state index in [4.69, 9.17) is 0 Å². The Morgan fingerprint density at radius 2 is 2.19 bits per heavy atom. The van der Waals surface area contributed by atoms with E-state index in [0.717, 1.165) is 6.54 Å². The van der Waals surface area contributed by atoms with E-state index in [1.165, 1.54) is 12.8 Å². The van der Waals surface area contributed by atoms with E-state index in [-0.39, 0.29) is 17.5 Å². The van der Waals surface area contributed by atoms with Gasteiger partial charge in [0, 0.05) is 24.7 Å². The molecule has 21 heavy (non-hydrogen) atoms. The van der Waals surface area contributed by atoms with Crippen LogP contribution in [-0.4, -0.2) is 42.9 Å². The van der Waals surface area contributed by atoms with Crippen LogP contribution in [0.4, 0.5) is 0 Å². The van der Waals surface area contributed by atoms with Crippen LogP contribution >= 0.6 is 0 Å². The number of nitrogens with one attached hydrogen (secondary N) is 1. The van der Waals surface area contributed by atoms with Crippen LogP contribution in [-0.2, 0) is 9.59 Å². The van der Waals surface area contributed by atoms with Crippen LogP contribution in [0.3, 0.4) is 0 Å². The summed E-state index contributed by atoms with van der Waals surface area (Å²) in [5.41, 5.74) is 0.875. The number of likely N-dealkylation sites (N-methyl/N-ethyl adjacent to an activating group) is 1. The fourth-order valence-corrected chi connectivity index (χ4v) is 2.51. The molecule has 1 aliphatic heterocycles. The van der Waals surface area contributed by atoms with Crippen LogP contribution in [0.2, 0.25) is 0 Å².